The number of carbonyl (C=O) groups excluding carboxylic acids is 1. The Morgan fingerprint density at radius 3 is 2.48 bits per heavy atom. The van der Waals surface area contributed by atoms with Gasteiger partial charge < -0.3 is 14.8 Å². The van der Waals surface area contributed by atoms with Crippen LogP contribution in [0.2, 0.25) is 0 Å². The van der Waals surface area contributed by atoms with E-state index in [4.69, 9.17) is 0 Å². The molecule has 0 radical (unpaired) electrons. The van der Waals surface area contributed by atoms with E-state index in [1.807, 2.05) is 30.1 Å². The Bertz CT molecular complexity index is 2010. The molecule has 1 aliphatic rings. The number of fused-ring (bicyclic) bond motifs is 1. The molecule has 2 N–H and O–H groups in total. The van der Waals surface area contributed by atoms with E-state index in [0.29, 0.717) is 47.3 Å². The molecule has 1 amide bonds. The number of benzene rings is 3. The fourth-order valence-electron chi connectivity index (χ4n) is 5.18. The predicted octanol–water partition coefficient (Wildman–Crippen LogP) is 5.37. The number of sulfone groups is 1. The third-order valence-corrected chi connectivity index (χ3v) is 8.59. The maximum atomic E-state index is 14.5. The molecule has 6 rings (SSSR count). The lowest BCUT2D eigenvalue weighted by Crippen LogP contribution is -2.30. The number of nitrogens with zero attached hydrogens (tertiary/aromatic N) is 5. The Labute approximate surface area is 252 Å². The molecule has 44 heavy (non-hydrogen) atoms. The summed E-state index contributed by atoms with van der Waals surface area (Å²) in [5.41, 5.74) is 2.50. The number of aryl methyl sites for hydroxylation is 1. The molecule has 1 aliphatic carbocycles. The van der Waals surface area contributed by atoms with Crippen LogP contribution in [-0.2, 0) is 32.8 Å². The molecule has 0 bridgehead atoms. The van der Waals surface area contributed by atoms with Crippen LogP contribution in [0.1, 0.15) is 24.0 Å². The first-order chi connectivity index (χ1) is 20.9. The Morgan fingerprint density at radius 1 is 1.02 bits per heavy atom. The zero-order valence-electron chi connectivity index (χ0n) is 24.2. The Hall–Kier alpha value is -4.91. The third kappa shape index (κ3) is 5.82. The second kappa shape index (κ2) is 11.0. The fourth-order valence-corrected chi connectivity index (χ4v) is 5.98. The smallest absolute Gasteiger partial charge is 0.237 e. The molecule has 3 aromatic carbocycles. The number of anilines is 5. The highest BCUT2D eigenvalue weighted by Gasteiger charge is 2.53. The molecule has 0 aliphatic heterocycles. The van der Waals surface area contributed by atoms with Gasteiger partial charge in [0.05, 0.1) is 22.2 Å². The minimum Gasteiger partial charge on any atom is -0.329 e. The molecule has 0 saturated heterocycles. The van der Waals surface area contributed by atoms with Crippen LogP contribution >= 0.6 is 0 Å². The zero-order chi connectivity index (χ0) is 31.2. The van der Waals surface area contributed by atoms with Gasteiger partial charge in [-0.15, -0.1) is 0 Å². The second-order valence-corrected chi connectivity index (χ2v) is 13.2. The third-order valence-electron chi connectivity index (χ3n) is 7.73. The molecule has 1 saturated carbocycles. The van der Waals surface area contributed by atoms with Crippen molar-refractivity contribution in [3.8, 4) is 0 Å². The largest absolute Gasteiger partial charge is 0.329 e. The van der Waals surface area contributed by atoms with Crippen LogP contribution in [0.5, 0.6) is 0 Å². The van der Waals surface area contributed by atoms with Gasteiger partial charge in [-0.3, -0.25) is 10.1 Å². The summed E-state index contributed by atoms with van der Waals surface area (Å²) in [4.78, 5) is 28.7. The molecule has 226 valence electrons. The first-order valence-electron chi connectivity index (χ1n) is 13.8. The Kier molecular flexibility index (Phi) is 7.28. The normalized spacial score (nSPS) is 13.9. The van der Waals surface area contributed by atoms with Gasteiger partial charge in [-0.1, -0.05) is 12.1 Å². The van der Waals surface area contributed by atoms with Crippen LogP contribution in [0.3, 0.4) is 0 Å². The number of aromatic nitrogens is 4. The van der Waals surface area contributed by atoms with E-state index in [1.165, 1.54) is 6.26 Å². The van der Waals surface area contributed by atoms with Gasteiger partial charge in [0.15, 0.2) is 9.84 Å². The SMILES string of the molecule is CN(c1ccc2c(c1)nc(NC(=O)C1(c3cc(F)ccc3F)CC1)n2C)c1ccnc(Nc2ccc(CS(C)(=O)=O)cc2)n1. The van der Waals surface area contributed by atoms with E-state index in [9.17, 15) is 22.0 Å². The van der Waals surface area contributed by atoms with Crippen molar-refractivity contribution in [2.45, 2.75) is 24.0 Å². The van der Waals surface area contributed by atoms with Gasteiger partial charge in [-0.25, -0.2) is 27.2 Å². The Morgan fingerprint density at radius 2 is 1.77 bits per heavy atom. The second-order valence-electron chi connectivity index (χ2n) is 11.0. The molecule has 0 atom stereocenters. The summed E-state index contributed by atoms with van der Waals surface area (Å²) >= 11 is 0. The lowest BCUT2D eigenvalue weighted by molar-refractivity contribution is -0.118. The van der Waals surface area contributed by atoms with Crippen molar-refractivity contribution >= 4 is 55.9 Å². The molecular weight excluding hydrogens is 588 g/mol. The predicted molar refractivity (Wildman–Crippen MR) is 165 cm³/mol. The van der Waals surface area contributed by atoms with Crippen molar-refractivity contribution in [1.82, 2.24) is 19.5 Å². The standard InChI is InChI=1S/C31H29F2N7O3S/c1-39(27-12-15-34-29(37-27)35-21-7-4-19(5-8-21)18-44(3,42)43)22-9-11-26-25(17-22)36-30(40(26)2)38-28(41)31(13-14-31)23-16-20(32)6-10-24(23)33/h4-12,15-17H,13-14,18H2,1-3H3,(H,34,35,37)(H,36,38,41). The van der Waals surface area contributed by atoms with E-state index in [1.54, 1.807) is 48.1 Å². The van der Waals surface area contributed by atoms with Gasteiger partial charge in [0, 0.05) is 43.5 Å². The van der Waals surface area contributed by atoms with Crippen LogP contribution in [0, 0.1) is 11.6 Å². The van der Waals surface area contributed by atoms with Gasteiger partial charge >= 0.3 is 0 Å². The first kappa shape index (κ1) is 29.2. The molecule has 10 nitrogen and oxygen atoms in total. The number of hydrogen-bond acceptors (Lipinski definition) is 8. The van der Waals surface area contributed by atoms with E-state index in [2.05, 4.69) is 25.6 Å². The number of halogens is 2. The summed E-state index contributed by atoms with van der Waals surface area (Å²) in [5.74, 6) is -0.401. The summed E-state index contributed by atoms with van der Waals surface area (Å²) in [6.07, 6.45) is 3.66. The minimum atomic E-state index is -3.13. The molecule has 0 spiro atoms. The van der Waals surface area contributed by atoms with Crippen molar-refractivity contribution in [3.05, 3.63) is 95.7 Å². The van der Waals surface area contributed by atoms with E-state index < -0.39 is 32.8 Å². The number of imidazole rings is 1. The number of nitrogens with one attached hydrogen (secondary N) is 2. The lowest BCUT2D eigenvalue weighted by atomic mass is 9.94. The maximum absolute atomic E-state index is 14.5. The van der Waals surface area contributed by atoms with Crippen LogP contribution in [-0.4, -0.2) is 47.1 Å². The van der Waals surface area contributed by atoms with Gasteiger partial charge in [0.1, 0.15) is 17.5 Å². The molecule has 13 heteroatoms. The fraction of sp³-hybridized carbons (Fsp3) is 0.226. The average Bonchev–Trinajstić information content (AvgIpc) is 3.74. The van der Waals surface area contributed by atoms with Crippen LogP contribution < -0.4 is 15.5 Å². The summed E-state index contributed by atoms with van der Waals surface area (Å²) in [7, 11) is 0.495. The topological polar surface area (TPSA) is 122 Å². The highest BCUT2D eigenvalue weighted by molar-refractivity contribution is 7.89. The van der Waals surface area contributed by atoms with Gasteiger partial charge in [-0.05, 0) is 73.0 Å². The number of hydrogen-bond donors (Lipinski definition) is 2. The van der Waals surface area contributed by atoms with Gasteiger partial charge in [-0.2, -0.15) is 4.98 Å². The van der Waals surface area contributed by atoms with Crippen molar-refractivity contribution in [3.63, 3.8) is 0 Å². The highest BCUT2D eigenvalue weighted by Crippen LogP contribution is 2.50. The average molecular weight is 618 g/mol. The van der Waals surface area contributed by atoms with E-state index >= 15 is 0 Å². The molecule has 2 aromatic heterocycles. The lowest BCUT2D eigenvalue weighted by Gasteiger charge is -2.19. The summed E-state index contributed by atoms with van der Waals surface area (Å²) in [6.45, 7) is 0. The number of carbonyl (C=O) groups is 1. The minimum absolute atomic E-state index is 0.0335. The molecule has 5 aromatic rings. The van der Waals surface area contributed by atoms with E-state index in [0.717, 1.165) is 29.4 Å². The number of amides is 1. The zero-order valence-corrected chi connectivity index (χ0v) is 25.0. The summed E-state index contributed by atoms with van der Waals surface area (Å²) in [6, 6.07) is 17.6. The van der Waals surface area contributed by atoms with Crippen LogP contribution in [0.15, 0.2) is 72.9 Å². The molecule has 1 fully saturated rings. The van der Waals surface area contributed by atoms with Crippen molar-refractivity contribution < 1.29 is 22.0 Å². The maximum Gasteiger partial charge on any atom is 0.237 e. The molecular formula is C31H29F2N7O3S. The van der Waals surface area contributed by atoms with Gasteiger partial charge in [0.25, 0.3) is 0 Å². The van der Waals surface area contributed by atoms with Crippen molar-refractivity contribution in [2.24, 2.45) is 7.05 Å². The van der Waals surface area contributed by atoms with Crippen LogP contribution in [0.25, 0.3) is 11.0 Å². The Balaban J connectivity index is 1.19. The summed E-state index contributed by atoms with van der Waals surface area (Å²) < 4.78 is 53.2. The molecule has 2 heterocycles. The number of rotatable bonds is 9. The van der Waals surface area contributed by atoms with Crippen molar-refractivity contribution in [1.29, 1.82) is 0 Å². The van der Waals surface area contributed by atoms with Crippen LogP contribution in [0.4, 0.5) is 37.9 Å². The first-order valence-corrected chi connectivity index (χ1v) is 15.8. The van der Waals surface area contributed by atoms with Crippen molar-refractivity contribution in [2.75, 3.05) is 28.8 Å². The molecule has 0 unspecified atom stereocenters. The monoisotopic (exact) mass is 617 g/mol. The van der Waals surface area contributed by atoms with E-state index in [-0.39, 0.29) is 11.3 Å². The highest BCUT2D eigenvalue weighted by atomic mass is 32.2. The quantitative estimate of drug-likeness (QED) is 0.227. The summed E-state index contributed by atoms with van der Waals surface area (Å²) in [5, 5.41) is 5.96. The van der Waals surface area contributed by atoms with Gasteiger partial charge in [0.2, 0.25) is 17.8 Å².